The van der Waals surface area contributed by atoms with Crippen LogP contribution >= 0.6 is 0 Å². The number of nitrogens with zero attached hydrogens (tertiary/aromatic N) is 5. The number of anilines is 2. The maximum absolute atomic E-state index is 13.5. The number of likely N-dealkylation sites (tertiary alicyclic amines) is 1. The number of piperidine rings is 1. The Kier molecular flexibility index (Phi) is 6.49. The van der Waals surface area contributed by atoms with Gasteiger partial charge in [0.1, 0.15) is 0 Å². The Labute approximate surface area is 206 Å². The number of urea groups is 1. The van der Waals surface area contributed by atoms with Crippen LogP contribution in [0.25, 0.3) is 0 Å². The van der Waals surface area contributed by atoms with Gasteiger partial charge in [0.2, 0.25) is 0 Å². The van der Waals surface area contributed by atoms with Crippen LogP contribution in [0.5, 0.6) is 0 Å². The number of hydrogen-bond donors (Lipinski definition) is 1. The summed E-state index contributed by atoms with van der Waals surface area (Å²) in [5, 5.41) is 19.9. The molecular formula is C24H33N6O4S-. The summed E-state index contributed by atoms with van der Waals surface area (Å²) in [7, 11) is -0.952. The molecule has 11 heteroatoms. The van der Waals surface area contributed by atoms with Crippen molar-refractivity contribution in [1.29, 1.82) is 0 Å². The van der Waals surface area contributed by atoms with E-state index in [4.69, 9.17) is 0 Å². The van der Waals surface area contributed by atoms with E-state index in [0.29, 0.717) is 5.69 Å². The first-order chi connectivity index (χ1) is 16.7. The zero-order valence-electron chi connectivity index (χ0n) is 20.4. The predicted molar refractivity (Wildman–Crippen MR) is 134 cm³/mol. The normalized spacial score (nSPS) is 18.4. The van der Waals surface area contributed by atoms with Gasteiger partial charge < -0.3 is 15.4 Å². The van der Waals surface area contributed by atoms with E-state index in [1.165, 1.54) is 22.0 Å². The molecule has 2 amide bonds. The third-order valence-electron chi connectivity index (χ3n) is 7.60. The van der Waals surface area contributed by atoms with Gasteiger partial charge in [0.25, 0.3) is 0 Å². The second-order valence-corrected chi connectivity index (χ2v) is 11.7. The topological polar surface area (TPSA) is 114 Å². The SMILES string of the molecule is CN1CCC(CN(c2cnn(C)c2)S(=O)(=O)N([O-])C(=O)Nc2c3c(cc4c2CCC4)CCC3)CC1. The molecule has 0 spiro atoms. The molecule has 1 aliphatic heterocycles. The van der Waals surface area contributed by atoms with E-state index in [-0.39, 0.29) is 22.6 Å². The molecule has 35 heavy (non-hydrogen) atoms. The van der Waals surface area contributed by atoms with Gasteiger partial charge in [-0.1, -0.05) is 6.07 Å². The fraction of sp³-hybridized carbons (Fsp3) is 0.583. The van der Waals surface area contributed by atoms with Gasteiger partial charge in [-0.05, 0) is 99.7 Å². The molecule has 0 saturated carbocycles. The van der Waals surface area contributed by atoms with Crippen molar-refractivity contribution in [2.75, 3.05) is 36.3 Å². The summed E-state index contributed by atoms with van der Waals surface area (Å²) in [5.74, 6) is 0.0818. The quantitative estimate of drug-likeness (QED) is 0.609. The molecule has 10 nitrogen and oxygen atoms in total. The maximum atomic E-state index is 13.5. The zero-order valence-corrected chi connectivity index (χ0v) is 21.2. The minimum absolute atomic E-state index is 0.0818. The summed E-state index contributed by atoms with van der Waals surface area (Å²) >= 11 is 0. The van der Waals surface area contributed by atoms with Crippen molar-refractivity contribution in [1.82, 2.24) is 19.1 Å². The molecule has 2 aromatic rings. The summed E-state index contributed by atoms with van der Waals surface area (Å²) in [4.78, 5) is 15.3. The average molecular weight is 502 g/mol. The number of carbonyl (C=O) groups excluding carboxylic acids is 1. The van der Waals surface area contributed by atoms with Crippen LogP contribution in [-0.4, -0.2) is 60.3 Å². The summed E-state index contributed by atoms with van der Waals surface area (Å²) in [6.45, 7) is 1.85. The first kappa shape index (κ1) is 24.1. The number of aryl methyl sites for hydroxylation is 3. The summed E-state index contributed by atoms with van der Waals surface area (Å²) in [6.07, 6.45) is 10.1. The van der Waals surface area contributed by atoms with E-state index in [0.717, 1.165) is 79.9 Å². The van der Waals surface area contributed by atoms with Crippen LogP contribution in [-0.2, 0) is 42.9 Å². The number of amides is 2. The molecule has 190 valence electrons. The van der Waals surface area contributed by atoms with E-state index < -0.39 is 16.2 Å². The number of rotatable bonds is 6. The van der Waals surface area contributed by atoms with Crippen molar-refractivity contribution >= 4 is 27.6 Å². The molecule has 0 radical (unpaired) electrons. The summed E-state index contributed by atoms with van der Waals surface area (Å²) < 4.78 is 29.2. The number of benzene rings is 1. The third kappa shape index (κ3) is 4.64. The molecule has 0 atom stereocenters. The van der Waals surface area contributed by atoms with Gasteiger partial charge in [0.15, 0.2) is 0 Å². The van der Waals surface area contributed by atoms with E-state index >= 15 is 0 Å². The highest BCUT2D eigenvalue weighted by Gasteiger charge is 2.33. The number of carbonyl (C=O) groups is 1. The van der Waals surface area contributed by atoms with Crippen LogP contribution in [0.15, 0.2) is 18.5 Å². The molecule has 0 bridgehead atoms. The van der Waals surface area contributed by atoms with Crippen LogP contribution in [0.1, 0.15) is 47.9 Å². The minimum atomic E-state index is -4.67. The first-order valence-corrected chi connectivity index (χ1v) is 13.8. The monoisotopic (exact) mass is 501 g/mol. The van der Waals surface area contributed by atoms with Crippen LogP contribution in [0, 0.1) is 11.1 Å². The smallest absolute Gasteiger partial charge is 0.326 e. The second-order valence-electron chi connectivity index (χ2n) is 10.0. The Morgan fingerprint density at radius 1 is 1.11 bits per heavy atom. The Morgan fingerprint density at radius 3 is 2.31 bits per heavy atom. The fourth-order valence-corrected chi connectivity index (χ4v) is 6.86. The van der Waals surface area contributed by atoms with Gasteiger partial charge >= 0.3 is 16.2 Å². The lowest BCUT2D eigenvalue weighted by molar-refractivity contribution is 0.223. The number of hydroxylamine groups is 1. The highest BCUT2D eigenvalue weighted by Crippen LogP contribution is 2.39. The fourth-order valence-electron chi connectivity index (χ4n) is 5.66. The van der Waals surface area contributed by atoms with Crippen molar-refractivity contribution in [3.8, 4) is 0 Å². The van der Waals surface area contributed by atoms with Crippen LogP contribution in [0.2, 0.25) is 0 Å². The highest BCUT2D eigenvalue weighted by molar-refractivity contribution is 7.91. The first-order valence-electron chi connectivity index (χ1n) is 12.4. The van der Waals surface area contributed by atoms with Crippen molar-refractivity contribution in [2.45, 2.75) is 51.4 Å². The molecule has 1 aromatic heterocycles. The van der Waals surface area contributed by atoms with Crippen molar-refractivity contribution < 1.29 is 13.2 Å². The largest absolute Gasteiger partial charge is 0.740 e. The van der Waals surface area contributed by atoms with Crippen LogP contribution in [0.3, 0.4) is 0 Å². The molecule has 1 N–H and O–H groups in total. The van der Waals surface area contributed by atoms with E-state index in [1.807, 2.05) is 7.05 Å². The van der Waals surface area contributed by atoms with Gasteiger partial charge in [-0.2, -0.15) is 13.5 Å². The van der Waals surface area contributed by atoms with E-state index in [1.54, 1.807) is 13.2 Å². The number of aromatic nitrogens is 2. The molecule has 5 rings (SSSR count). The zero-order chi connectivity index (χ0) is 24.7. The Bertz CT molecular complexity index is 1190. The molecule has 2 aliphatic carbocycles. The molecule has 1 fully saturated rings. The second kappa shape index (κ2) is 9.44. The van der Waals surface area contributed by atoms with Crippen molar-refractivity contribution in [3.63, 3.8) is 0 Å². The van der Waals surface area contributed by atoms with Crippen molar-refractivity contribution in [2.24, 2.45) is 13.0 Å². The third-order valence-corrected chi connectivity index (χ3v) is 9.10. The minimum Gasteiger partial charge on any atom is -0.740 e. The summed E-state index contributed by atoms with van der Waals surface area (Å²) in [6, 6.07) is 1.05. The molecular weight excluding hydrogens is 468 g/mol. The molecule has 0 unspecified atom stereocenters. The Morgan fingerprint density at radius 2 is 1.74 bits per heavy atom. The number of fused-ring (bicyclic) bond motifs is 2. The molecule has 3 aliphatic rings. The molecule has 2 heterocycles. The van der Waals surface area contributed by atoms with Crippen molar-refractivity contribution in [3.05, 3.63) is 45.9 Å². The number of nitrogens with one attached hydrogen (secondary N) is 1. The lowest BCUT2D eigenvalue weighted by atomic mass is 9.97. The number of hydrogen-bond acceptors (Lipinski definition) is 6. The lowest BCUT2D eigenvalue weighted by Crippen LogP contribution is -2.48. The maximum Gasteiger partial charge on any atom is 0.326 e. The van der Waals surface area contributed by atoms with E-state index in [2.05, 4.69) is 21.4 Å². The van der Waals surface area contributed by atoms with E-state index in [9.17, 15) is 18.4 Å². The molecule has 1 saturated heterocycles. The summed E-state index contributed by atoms with van der Waals surface area (Å²) in [5.41, 5.74) is 5.40. The Balaban J connectivity index is 1.41. The van der Waals surface area contributed by atoms with Gasteiger partial charge in [0, 0.05) is 25.5 Å². The lowest BCUT2D eigenvalue weighted by Gasteiger charge is -2.37. The van der Waals surface area contributed by atoms with Crippen LogP contribution in [0.4, 0.5) is 16.2 Å². The highest BCUT2D eigenvalue weighted by atomic mass is 32.2. The van der Waals surface area contributed by atoms with Gasteiger partial charge in [-0.3, -0.25) is 13.5 Å². The van der Waals surface area contributed by atoms with Gasteiger partial charge in [-0.25, -0.2) is 4.79 Å². The predicted octanol–water partition coefficient (Wildman–Crippen LogP) is 2.82. The Hall–Kier alpha value is -2.63. The van der Waals surface area contributed by atoms with Crippen LogP contribution < -0.4 is 9.62 Å². The standard InChI is InChI=1S/C24H33N6O4S/c1-27-11-9-17(10-12-27)15-29(20-14-25-28(2)16-20)35(33,34)30(32)24(31)26-23-21-7-3-5-18(21)13-19-6-4-8-22(19)23/h13-14,16-17H,3-12,15H2,1-2H3,(H,26,31)/q-1. The average Bonchev–Trinajstić information content (AvgIpc) is 3.58. The van der Waals surface area contributed by atoms with Gasteiger partial charge in [0.05, 0.1) is 11.9 Å². The van der Waals surface area contributed by atoms with Gasteiger partial charge in [-0.15, -0.1) is 0 Å². The molecule has 1 aromatic carbocycles.